The van der Waals surface area contributed by atoms with Crippen LogP contribution in [0.1, 0.15) is 52.3 Å². The molecule has 0 saturated carbocycles. The average molecular weight is 548 g/mol. The molecule has 2 aromatic carbocycles. The Hall–Kier alpha value is -3.56. The minimum atomic E-state index is -4.01. The lowest BCUT2D eigenvalue weighted by Gasteiger charge is -2.23. The van der Waals surface area contributed by atoms with Crippen molar-refractivity contribution in [3.05, 3.63) is 78.1 Å². The topological polar surface area (TPSA) is 97.2 Å². The molecule has 0 aliphatic carbocycles. The van der Waals surface area contributed by atoms with Gasteiger partial charge in [0.1, 0.15) is 10.7 Å². The van der Waals surface area contributed by atoms with E-state index in [0.29, 0.717) is 17.8 Å². The van der Waals surface area contributed by atoms with Crippen molar-refractivity contribution >= 4 is 32.7 Å². The van der Waals surface area contributed by atoms with Gasteiger partial charge in [-0.25, -0.2) is 13.1 Å². The van der Waals surface area contributed by atoms with Gasteiger partial charge in [0.25, 0.3) is 0 Å². The third-order valence-corrected chi connectivity index (χ3v) is 8.36. The third kappa shape index (κ3) is 6.54. The molecule has 0 radical (unpaired) electrons. The molecule has 0 atom stereocenters. The number of para-hydroxylation sites is 1. The standard InChI is InChI=1S/C30H37N5O3S/c1-21(2)15-17-34(39(37,38)25-14-8-11-23-12-9-16-31-29(23)25)20-28(36)32-27-19-26(30(4,5)6)33-35(27)24-13-7-10-22(3)18-24/h7-14,16,18-19,21H,15,17,20H2,1-6H3,(H,32,36). The Kier molecular flexibility index (Phi) is 8.23. The van der Waals surface area contributed by atoms with Gasteiger partial charge in [0.05, 0.1) is 23.4 Å². The minimum absolute atomic E-state index is 0.0944. The minimum Gasteiger partial charge on any atom is -0.309 e. The van der Waals surface area contributed by atoms with E-state index in [0.717, 1.165) is 22.3 Å². The first-order chi connectivity index (χ1) is 18.4. The molecule has 0 fully saturated rings. The number of nitrogens with zero attached hydrogens (tertiary/aromatic N) is 4. The van der Waals surface area contributed by atoms with E-state index in [1.807, 2.05) is 63.2 Å². The van der Waals surface area contributed by atoms with Gasteiger partial charge in [0, 0.05) is 29.6 Å². The number of pyridine rings is 1. The molecule has 1 amide bonds. The molecule has 2 aromatic heterocycles. The molecule has 39 heavy (non-hydrogen) atoms. The maximum Gasteiger partial charge on any atom is 0.245 e. The second kappa shape index (κ2) is 11.3. The molecule has 9 heteroatoms. The van der Waals surface area contributed by atoms with Gasteiger partial charge in [-0.3, -0.25) is 9.78 Å². The molecule has 0 aliphatic rings. The third-order valence-electron chi connectivity index (χ3n) is 6.48. The number of fused-ring (bicyclic) bond motifs is 1. The number of hydrogen-bond acceptors (Lipinski definition) is 5. The second-order valence-corrected chi connectivity index (χ2v) is 13.2. The summed E-state index contributed by atoms with van der Waals surface area (Å²) in [5.41, 5.74) is 2.83. The second-order valence-electron chi connectivity index (χ2n) is 11.3. The summed E-state index contributed by atoms with van der Waals surface area (Å²) in [5, 5.41) is 8.44. The van der Waals surface area contributed by atoms with Crippen LogP contribution < -0.4 is 5.32 Å². The molecule has 0 bridgehead atoms. The first kappa shape index (κ1) is 28.4. The van der Waals surface area contributed by atoms with E-state index in [2.05, 4.69) is 31.1 Å². The van der Waals surface area contributed by atoms with Crippen molar-refractivity contribution in [2.75, 3.05) is 18.4 Å². The van der Waals surface area contributed by atoms with Crippen molar-refractivity contribution < 1.29 is 13.2 Å². The number of hydrogen-bond donors (Lipinski definition) is 1. The van der Waals surface area contributed by atoms with Crippen LogP contribution in [0.15, 0.2) is 71.8 Å². The fourth-order valence-electron chi connectivity index (χ4n) is 4.25. The molecule has 206 valence electrons. The van der Waals surface area contributed by atoms with Crippen LogP contribution in [0.5, 0.6) is 0 Å². The number of sulfonamides is 1. The number of amides is 1. The Labute approximate surface area is 231 Å². The Morgan fingerprint density at radius 3 is 2.46 bits per heavy atom. The zero-order valence-electron chi connectivity index (χ0n) is 23.5. The van der Waals surface area contributed by atoms with E-state index >= 15 is 0 Å². The first-order valence-corrected chi connectivity index (χ1v) is 14.6. The van der Waals surface area contributed by atoms with E-state index < -0.39 is 15.9 Å². The first-order valence-electron chi connectivity index (χ1n) is 13.2. The number of benzene rings is 2. The monoisotopic (exact) mass is 547 g/mol. The van der Waals surface area contributed by atoms with Gasteiger partial charge in [-0.1, -0.05) is 65.0 Å². The van der Waals surface area contributed by atoms with Crippen LogP contribution in [0.25, 0.3) is 16.6 Å². The van der Waals surface area contributed by atoms with Crippen molar-refractivity contribution in [3.63, 3.8) is 0 Å². The van der Waals surface area contributed by atoms with Crippen molar-refractivity contribution in [2.24, 2.45) is 5.92 Å². The van der Waals surface area contributed by atoms with Crippen LogP contribution >= 0.6 is 0 Å². The van der Waals surface area contributed by atoms with Crippen molar-refractivity contribution in [1.82, 2.24) is 19.1 Å². The van der Waals surface area contributed by atoms with Crippen molar-refractivity contribution in [2.45, 2.75) is 58.3 Å². The summed E-state index contributed by atoms with van der Waals surface area (Å²) < 4.78 is 30.7. The molecule has 0 aliphatic heterocycles. The number of aromatic nitrogens is 3. The summed E-state index contributed by atoms with van der Waals surface area (Å²) in [6, 6.07) is 18.4. The van der Waals surface area contributed by atoms with Gasteiger partial charge >= 0.3 is 0 Å². The molecular weight excluding hydrogens is 510 g/mol. The van der Waals surface area contributed by atoms with Crippen LogP contribution in [0.4, 0.5) is 5.82 Å². The molecule has 0 unspecified atom stereocenters. The number of carbonyl (C=O) groups excluding carboxylic acids is 1. The summed E-state index contributed by atoms with van der Waals surface area (Å²) >= 11 is 0. The van der Waals surface area contributed by atoms with Gasteiger partial charge < -0.3 is 5.32 Å². The molecular formula is C30H37N5O3S. The number of nitrogens with one attached hydrogen (secondary N) is 1. The highest BCUT2D eigenvalue weighted by Gasteiger charge is 2.29. The smallest absolute Gasteiger partial charge is 0.245 e. The quantitative estimate of drug-likeness (QED) is 0.290. The van der Waals surface area contributed by atoms with Gasteiger partial charge in [0.15, 0.2) is 0 Å². The Bertz CT molecular complexity index is 1580. The summed E-state index contributed by atoms with van der Waals surface area (Å²) in [6.45, 7) is 12.1. The fourth-order valence-corrected chi connectivity index (χ4v) is 5.82. The lowest BCUT2D eigenvalue weighted by Crippen LogP contribution is -2.39. The highest BCUT2D eigenvalue weighted by Crippen LogP contribution is 2.28. The normalized spacial score (nSPS) is 12.4. The zero-order chi connectivity index (χ0) is 28.4. The molecule has 1 N–H and O–H groups in total. The molecule has 8 nitrogen and oxygen atoms in total. The SMILES string of the molecule is Cc1cccc(-n2nc(C(C)(C)C)cc2NC(=O)CN(CCC(C)C)S(=O)(=O)c2cccc3cccnc23)c1. The lowest BCUT2D eigenvalue weighted by molar-refractivity contribution is -0.116. The maximum atomic E-state index is 13.9. The predicted molar refractivity (Wildman–Crippen MR) is 156 cm³/mol. The number of rotatable bonds is 9. The highest BCUT2D eigenvalue weighted by atomic mass is 32.2. The summed E-state index contributed by atoms with van der Waals surface area (Å²) in [6.07, 6.45) is 2.19. The van der Waals surface area contributed by atoms with E-state index in [4.69, 9.17) is 5.10 Å². The number of anilines is 1. The van der Waals surface area contributed by atoms with Crippen LogP contribution in [-0.4, -0.2) is 46.5 Å². The van der Waals surface area contributed by atoms with Crippen LogP contribution in [0.2, 0.25) is 0 Å². The van der Waals surface area contributed by atoms with Gasteiger partial charge in [-0.2, -0.15) is 9.40 Å². The summed E-state index contributed by atoms with van der Waals surface area (Å²) in [5.74, 6) is 0.307. The van der Waals surface area contributed by atoms with E-state index in [9.17, 15) is 13.2 Å². The maximum absolute atomic E-state index is 13.9. The van der Waals surface area contributed by atoms with Gasteiger partial charge in [-0.15, -0.1) is 0 Å². The van der Waals surface area contributed by atoms with Crippen molar-refractivity contribution in [1.29, 1.82) is 0 Å². The Morgan fingerprint density at radius 1 is 1.05 bits per heavy atom. The van der Waals surface area contributed by atoms with Crippen LogP contribution in [0.3, 0.4) is 0 Å². The van der Waals surface area contributed by atoms with Crippen molar-refractivity contribution in [3.8, 4) is 5.69 Å². The molecule has 4 rings (SSSR count). The Morgan fingerprint density at radius 2 is 1.77 bits per heavy atom. The summed E-state index contributed by atoms with van der Waals surface area (Å²) in [7, 11) is -4.01. The summed E-state index contributed by atoms with van der Waals surface area (Å²) in [4.78, 5) is 17.9. The molecule has 0 saturated heterocycles. The number of aryl methyl sites for hydroxylation is 1. The Balaban J connectivity index is 1.68. The van der Waals surface area contributed by atoms with Gasteiger partial charge in [-0.05, 0) is 49.1 Å². The number of carbonyl (C=O) groups is 1. The average Bonchev–Trinajstić information content (AvgIpc) is 3.30. The zero-order valence-corrected chi connectivity index (χ0v) is 24.3. The largest absolute Gasteiger partial charge is 0.309 e. The predicted octanol–water partition coefficient (Wildman–Crippen LogP) is 5.70. The van der Waals surface area contributed by atoms with Crippen LogP contribution in [0, 0.1) is 12.8 Å². The molecule has 0 spiro atoms. The van der Waals surface area contributed by atoms with E-state index in [1.165, 1.54) is 4.31 Å². The highest BCUT2D eigenvalue weighted by molar-refractivity contribution is 7.89. The lowest BCUT2D eigenvalue weighted by atomic mass is 9.92. The van der Waals surface area contributed by atoms with E-state index in [1.54, 1.807) is 29.1 Å². The molecule has 2 heterocycles. The molecule has 4 aromatic rings. The van der Waals surface area contributed by atoms with Crippen LogP contribution in [-0.2, 0) is 20.2 Å². The van der Waals surface area contributed by atoms with Gasteiger partial charge in [0.2, 0.25) is 15.9 Å². The van der Waals surface area contributed by atoms with E-state index in [-0.39, 0.29) is 29.3 Å². The fraction of sp³-hybridized carbons (Fsp3) is 0.367.